The highest BCUT2D eigenvalue weighted by Gasteiger charge is 2.39. The lowest BCUT2D eigenvalue weighted by Crippen LogP contribution is -2.48. The fourth-order valence-electron chi connectivity index (χ4n) is 6.01. The fraction of sp³-hybridized carbons (Fsp3) is 0.655. The van der Waals surface area contributed by atoms with E-state index in [4.69, 9.17) is 4.74 Å². The average molecular weight is 467 g/mol. The third-order valence-corrected chi connectivity index (χ3v) is 7.60. The van der Waals surface area contributed by atoms with Crippen LogP contribution < -0.4 is 5.32 Å². The molecule has 0 radical (unpaired) electrons. The summed E-state index contributed by atoms with van der Waals surface area (Å²) in [5.41, 5.74) is 5.35. The molecular weight excluding hydrogens is 424 g/mol. The molecular formula is C29H42N2O3. The number of ether oxygens (including phenoxy) is 1. The lowest BCUT2D eigenvalue weighted by molar-refractivity contribution is -0.139. The lowest BCUT2D eigenvalue weighted by Gasteiger charge is -2.41. The topological polar surface area (TPSA) is 58.6 Å². The van der Waals surface area contributed by atoms with E-state index >= 15 is 0 Å². The van der Waals surface area contributed by atoms with E-state index in [-0.39, 0.29) is 18.1 Å². The normalized spacial score (nSPS) is 24.6. The van der Waals surface area contributed by atoms with Crippen molar-refractivity contribution in [3.63, 3.8) is 0 Å². The van der Waals surface area contributed by atoms with Crippen LogP contribution in [0.2, 0.25) is 0 Å². The minimum Gasteiger partial charge on any atom is -0.444 e. The van der Waals surface area contributed by atoms with Crippen LogP contribution in [0.5, 0.6) is 0 Å². The van der Waals surface area contributed by atoms with E-state index in [9.17, 15) is 9.59 Å². The van der Waals surface area contributed by atoms with Gasteiger partial charge in [0.15, 0.2) is 0 Å². The zero-order valence-electron chi connectivity index (χ0n) is 21.7. The number of alkyl carbamates (subject to hydrolysis) is 1. The Balaban J connectivity index is 1.36. The van der Waals surface area contributed by atoms with Crippen molar-refractivity contribution in [2.75, 3.05) is 13.1 Å². The molecule has 1 atom stereocenters. The Morgan fingerprint density at radius 1 is 1.12 bits per heavy atom. The Kier molecular flexibility index (Phi) is 7.39. The zero-order chi connectivity index (χ0) is 24.5. The molecule has 0 bridgehead atoms. The number of nitrogens with zero attached hydrogens (tertiary/aromatic N) is 1. The number of carbonyl (C=O) groups is 2. The van der Waals surface area contributed by atoms with Crippen LogP contribution in [0.25, 0.3) is 5.57 Å². The summed E-state index contributed by atoms with van der Waals surface area (Å²) >= 11 is 0. The van der Waals surface area contributed by atoms with Gasteiger partial charge in [0.25, 0.3) is 0 Å². The quantitative estimate of drug-likeness (QED) is 0.581. The van der Waals surface area contributed by atoms with Crippen molar-refractivity contribution in [1.29, 1.82) is 0 Å². The van der Waals surface area contributed by atoms with Crippen molar-refractivity contribution >= 4 is 17.6 Å². The first-order chi connectivity index (χ1) is 16.1. The van der Waals surface area contributed by atoms with Crippen molar-refractivity contribution < 1.29 is 14.3 Å². The number of benzene rings is 1. The van der Waals surface area contributed by atoms with Gasteiger partial charge in [-0.25, -0.2) is 4.79 Å². The molecule has 0 aromatic heterocycles. The maximum absolute atomic E-state index is 13.7. The van der Waals surface area contributed by atoms with Crippen molar-refractivity contribution in [2.24, 2.45) is 17.8 Å². The molecule has 1 unspecified atom stereocenters. The molecule has 1 heterocycles. The van der Waals surface area contributed by atoms with Gasteiger partial charge in [0, 0.05) is 19.0 Å². The number of carbonyl (C=O) groups excluding carboxylic acids is 2. The minimum absolute atomic E-state index is 0.110. The van der Waals surface area contributed by atoms with E-state index in [0.717, 1.165) is 51.5 Å². The molecule has 1 aromatic carbocycles. The molecule has 34 heavy (non-hydrogen) atoms. The third kappa shape index (κ3) is 5.67. The SMILES string of the molecule is CC(C)CC1C2=C(CCN1C(=O)C1CCC(CNC(=O)OC(C)(C)C)CC1)c1ccccc1C2. The van der Waals surface area contributed by atoms with Gasteiger partial charge in [-0.2, -0.15) is 0 Å². The summed E-state index contributed by atoms with van der Waals surface area (Å²) in [7, 11) is 0. The van der Waals surface area contributed by atoms with Crippen LogP contribution in [-0.2, 0) is 16.0 Å². The average Bonchev–Trinajstić information content (AvgIpc) is 3.16. The summed E-state index contributed by atoms with van der Waals surface area (Å²) in [6.07, 6.45) is 6.44. The fourth-order valence-corrected chi connectivity index (χ4v) is 6.01. The highest BCUT2D eigenvalue weighted by atomic mass is 16.6. The Labute approximate surface area is 205 Å². The van der Waals surface area contributed by atoms with Gasteiger partial charge in [0.05, 0.1) is 6.04 Å². The number of rotatable bonds is 5. The molecule has 0 saturated heterocycles. The predicted octanol–water partition coefficient (Wildman–Crippen LogP) is 5.97. The van der Waals surface area contributed by atoms with Gasteiger partial charge >= 0.3 is 6.09 Å². The summed E-state index contributed by atoms with van der Waals surface area (Å²) in [5.74, 6) is 1.43. The third-order valence-electron chi connectivity index (χ3n) is 7.60. The first kappa shape index (κ1) is 24.8. The van der Waals surface area contributed by atoms with Crippen LogP contribution in [0.4, 0.5) is 4.79 Å². The van der Waals surface area contributed by atoms with E-state index in [0.29, 0.717) is 24.3 Å². The Morgan fingerprint density at radius 2 is 1.82 bits per heavy atom. The molecule has 1 saturated carbocycles. The van der Waals surface area contributed by atoms with Crippen LogP contribution in [0.1, 0.15) is 84.3 Å². The predicted molar refractivity (Wildman–Crippen MR) is 136 cm³/mol. The molecule has 4 rings (SSSR count). The number of amides is 2. The molecule has 1 aliphatic heterocycles. The van der Waals surface area contributed by atoms with Crippen molar-refractivity contribution in [2.45, 2.75) is 91.2 Å². The van der Waals surface area contributed by atoms with Gasteiger partial charge in [0.1, 0.15) is 5.60 Å². The second-order valence-electron chi connectivity index (χ2n) is 11.9. The summed E-state index contributed by atoms with van der Waals surface area (Å²) in [4.78, 5) is 28.0. The Morgan fingerprint density at radius 3 is 2.50 bits per heavy atom. The molecule has 2 amide bonds. The van der Waals surface area contributed by atoms with Crippen LogP contribution in [0, 0.1) is 17.8 Å². The molecule has 5 nitrogen and oxygen atoms in total. The highest BCUT2D eigenvalue weighted by Crippen LogP contribution is 2.43. The lowest BCUT2D eigenvalue weighted by atomic mass is 9.80. The van der Waals surface area contributed by atoms with Crippen molar-refractivity contribution in [1.82, 2.24) is 10.2 Å². The maximum atomic E-state index is 13.7. The second kappa shape index (κ2) is 10.1. The van der Waals surface area contributed by atoms with Gasteiger partial charge in [-0.15, -0.1) is 0 Å². The van der Waals surface area contributed by atoms with Crippen LogP contribution in [-0.4, -0.2) is 41.6 Å². The van der Waals surface area contributed by atoms with Crippen molar-refractivity contribution in [3.05, 3.63) is 41.0 Å². The summed E-state index contributed by atoms with van der Waals surface area (Å²) in [6.45, 7) is 11.6. The Hall–Kier alpha value is -2.30. The van der Waals surface area contributed by atoms with Gasteiger partial charge in [0.2, 0.25) is 5.91 Å². The maximum Gasteiger partial charge on any atom is 0.407 e. The molecule has 186 valence electrons. The molecule has 3 aliphatic rings. The Bertz CT molecular complexity index is 935. The van der Waals surface area contributed by atoms with Gasteiger partial charge in [-0.3, -0.25) is 4.79 Å². The van der Waals surface area contributed by atoms with Gasteiger partial charge in [-0.1, -0.05) is 38.1 Å². The smallest absolute Gasteiger partial charge is 0.407 e. The molecule has 5 heteroatoms. The van der Waals surface area contributed by atoms with E-state index in [2.05, 4.69) is 48.3 Å². The standard InChI is InChI=1S/C29H42N2O3/c1-19(2)16-26-25-17-22-8-6-7-9-23(22)24(25)14-15-31(26)27(32)21-12-10-20(11-13-21)18-30-28(33)34-29(3,4)5/h6-9,19-21,26H,10-18H2,1-5H3,(H,30,33). The number of nitrogens with one attached hydrogen (secondary N) is 1. The molecule has 0 spiro atoms. The van der Waals surface area contributed by atoms with Crippen LogP contribution in [0.3, 0.4) is 0 Å². The van der Waals surface area contributed by atoms with Gasteiger partial charge in [-0.05, 0) is 99.8 Å². The molecule has 1 aromatic rings. The second-order valence-corrected chi connectivity index (χ2v) is 11.9. The van der Waals surface area contributed by atoms with Crippen molar-refractivity contribution in [3.8, 4) is 0 Å². The first-order valence-electron chi connectivity index (χ1n) is 13.2. The van der Waals surface area contributed by atoms with E-state index in [1.54, 1.807) is 0 Å². The number of hydrogen-bond donors (Lipinski definition) is 1. The van der Waals surface area contributed by atoms with Crippen LogP contribution in [0.15, 0.2) is 29.8 Å². The largest absolute Gasteiger partial charge is 0.444 e. The monoisotopic (exact) mass is 466 g/mol. The van der Waals surface area contributed by atoms with Gasteiger partial charge < -0.3 is 15.0 Å². The molecule has 1 fully saturated rings. The van der Waals surface area contributed by atoms with E-state index in [1.807, 2.05) is 20.8 Å². The first-order valence-corrected chi connectivity index (χ1v) is 13.2. The van der Waals surface area contributed by atoms with Crippen LogP contribution >= 0.6 is 0 Å². The summed E-state index contributed by atoms with van der Waals surface area (Å²) in [5, 5.41) is 2.92. The van der Waals surface area contributed by atoms with E-state index < -0.39 is 5.60 Å². The zero-order valence-corrected chi connectivity index (χ0v) is 21.7. The number of hydrogen-bond acceptors (Lipinski definition) is 3. The summed E-state index contributed by atoms with van der Waals surface area (Å²) < 4.78 is 5.35. The molecule has 1 N–H and O–H groups in total. The highest BCUT2D eigenvalue weighted by molar-refractivity contribution is 5.84. The minimum atomic E-state index is -0.481. The van der Waals surface area contributed by atoms with E-state index in [1.165, 1.54) is 22.3 Å². The summed E-state index contributed by atoms with van der Waals surface area (Å²) in [6, 6.07) is 9.01. The number of fused-ring (bicyclic) bond motifs is 2. The molecule has 2 aliphatic carbocycles.